The van der Waals surface area contributed by atoms with Crippen LogP contribution in [0, 0.1) is 0 Å². The number of nitrogen functional groups attached to an aromatic ring is 1. The molecule has 3 rings (SSSR count). The van der Waals surface area contributed by atoms with E-state index in [1.165, 1.54) is 26.2 Å². The third-order valence-electron chi connectivity index (χ3n) is 6.10. The van der Waals surface area contributed by atoms with Gasteiger partial charge in [-0.1, -0.05) is 18.2 Å². The van der Waals surface area contributed by atoms with Gasteiger partial charge in [-0.2, -0.15) is 4.37 Å². The Balaban J connectivity index is 2.07. The van der Waals surface area contributed by atoms with Crippen molar-refractivity contribution in [3.63, 3.8) is 0 Å². The Morgan fingerprint density at radius 3 is 2.27 bits per heavy atom. The van der Waals surface area contributed by atoms with Crippen molar-refractivity contribution in [2.24, 2.45) is 5.73 Å². The zero-order valence-electron chi connectivity index (χ0n) is 22.8. The predicted octanol–water partition coefficient (Wildman–Crippen LogP) is 2.04. The lowest BCUT2D eigenvalue weighted by molar-refractivity contribution is -0.126. The number of carbonyl (C=O) groups excluding carboxylic acids is 3. The van der Waals surface area contributed by atoms with E-state index in [0.29, 0.717) is 29.2 Å². The van der Waals surface area contributed by atoms with Gasteiger partial charge in [0, 0.05) is 20.2 Å². The van der Waals surface area contributed by atoms with Crippen LogP contribution < -0.4 is 31.0 Å². The number of nitrogens with two attached hydrogens (primary N) is 2. The molecule has 0 aliphatic heterocycles. The van der Waals surface area contributed by atoms with Gasteiger partial charge >= 0.3 is 0 Å². The largest absolute Gasteiger partial charge is 0.497 e. The number of primary amides is 1. The SMILES string of the molecule is COCCNC(=O)C(c1ccc(OC)cc1)N(CCc1ccc(OC)c(OC)c1)C(=O)c1snc(C(N)=O)c1N. The molecule has 1 heterocycles. The van der Waals surface area contributed by atoms with E-state index in [-0.39, 0.29) is 36.0 Å². The zero-order chi connectivity index (χ0) is 29.2. The molecule has 1 atom stereocenters. The van der Waals surface area contributed by atoms with Gasteiger partial charge in [0.1, 0.15) is 16.7 Å². The first-order valence-electron chi connectivity index (χ1n) is 12.2. The van der Waals surface area contributed by atoms with Gasteiger partial charge in [0.2, 0.25) is 5.91 Å². The van der Waals surface area contributed by atoms with Crippen LogP contribution in [0.5, 0.6) is 17.2 Å². The number of rotatable bonds is 14. The molecule has 0 fully saturated rings. The molecule has 0 aliphatic carbocycles. The van der Waals surface area contributed by atoms with E-state index in [1.54, 1.807) is 43.5 Å². The van der Waals surface area contributed by atoms with E-state index in [4.69, 9.17) is 30.4 Å². The summed E-state index contributed by atoms with van der Waals surface area (Å²) in [6.07, 6.45) is 0.353. The van der Waals surface area contributed by atoms with E-state index in [9.17, 15) is 14.4 Å². The fourth-order valence-corrected chi connectivity index (χ4v) is 4.79. The Morgan fingerprint density at radius 1 is 1.00 bits per heavy atom. The molecule has 0 spiro atoms. The van der Waals surface area contributed by atoms with Crippen LogP contribution in [-0.4, -0.2) is 75.1 Å². The van der Waals surface area contributed by atoms with Crippen LogP contribution in [0.25, 0.3) is 0 Å². The quantitative estimate of drug-likeness (QED) is 0.245. The number of nitrogens with one attached hydrogen (secondary N) is 1. The monoisotopic (exact) mass is 571 g/mol. The first-order valence-corrected chi connectivity index (χ1v) is 13.0. The van der Waals surface area contributed by atoms with Gasteiger partial charge in [-0.3, -0.25) is 14.4 Å². The molecule has 2 aromatic carbocycles. The van der Waals surface area contributed by atoms with Crippen molar-refractivity contribution in [1.82, 2.24) is 14.6 Å². The number of aromatic nitrogens is 1. The van der Waals surface area contributed by atoms with Gasteiger partial charge in [0.05, 0.1) is 33.6 Å². The second kappa shape index (κ2) is 14.1. The number of nitrogens with zero attached hydrogens (tertiary/aromatic N) is 2. The summed E-state index contributed by atoms with van der Waals surface area (Å²) in [5.41, 5.74) is 12.5. The molecule has 5 N–H and O–H groups in total. The van der Waals surface area contributed by atoms with Gasteiger partial charge < -0.3 is 40.6 Å². The summed E-state index contributed by atoms with van der Waals surface area (Å²) < 4.78 is 25.0. The van der Waals surface area contributed by atoms with Crippen molar-refractivity contribution >= 4 is 34.9 Å². The molecule has 13 heteroatoms. The van der Waals surface area contributed by atoms with E-state index in [1.807, 2.05) is 6.07 Å². The van der Waals surface area contributed by atoms with Gasteiger partial charge in [-0.15, -0.1) is 0 Å². The smallest absolute Gasteiger partial charge is 0.270 e. The standard InChI is InChI=1S/C27H33N5O7S/c1-36-14-12-30-26(34)23(17-6-8-18(37-2)9-7-17)32(27(35)24-21(28)22(25(29)33)31-40-24)13-11-16-5-10-19(38-3)20(15-16)39-4/h5-10,15,23H,11-14,28H2,1-4H3,(H2,29,33)(H,30,34). The van der Waals surface area contributed by atoms with Crippen molar-refractivity contribution in [1.29, 1.82) is 0 Å². The lowest BCUT2D eigenvalue weighted by atomic mass is 10.0. The van der Waals surface area contributed by atoms with Gasteiger partial charge in [-0.25, -0.2) is 0 Å². The summed E-state index contributed by atoms with van der Waals surface area (Å²) in [6, 6.07) is 11.2. The number of hydrogen-bond acceptors (Lipinski definition) is 10. The number of amides is 3. The van der Waals surface area contributed by atoms with Crippen molar-refractivity contribution in [3.05, 3.63) is 64.2 Å². The first kappa shape index (κ1) is 30.2. The average molecular weight is 572 g/mol. The van der Waals surface area contributed by atoms with Gasteiger partial charge in [-0.05, 0) is 53.3 Å². The molecule has 0 saturated carbocycles. The summed E-state index contributed by atoms with van der Waals surface area (Å²) >= 11 is 0.750. The Labute approximate surface area is 236 Å². The van der Waals surface area contributed by atoms with E-state index >= 15 is 0 Å². The minimum Gasteiger partial charge on any atom is -0.497 e. The summed E-state index contributed by atoms with van der Waals surface area (Å²) in [5, 5.41) is 2.82. The van der Waals surface area contributed by atoms with Crippen molar-refractivity contribution < 1.29 is 33.3 Å². The first-order chi connectivity index (χ1) is 19.2. The fraction of sp³-hybridized carbons (Fsp3) is 0.333. The zero-order valence-corrected chi connectivity index (χ0v) is 23.6. The van der Waals surface area contributed by atoms with Crippen LogP contribution in [0.2, 0.25) is 0 Å². The maximum atomic E-state index is 14.0. The molecule has 214 valence electrons. The summed E-state index contributed by atoms with van der Waals surface area (Å²) in [7, 11) is 6.13. The molecule has 3 aromatic rings. The molecule has 0 radical (unpaired) electrons. The van der Waals surface area contributed by atoms with Crippen LogP contribution in [0.3, 0.4) is 0 Å². The topological polar surface area (TPSA) is 168 Å². The highest BCUT2D eigenvalue weighted by Gasteiger charge is 2.34. The highest BCUT2D eigenvalue weighted by Crippen LogP contribution is 2.31. The Morgan fingerprint density at radius 2 is 1.70 bits per heavy atom. The molecule has 0 saturated heterocycles. The number of methoxy groups -OCH3 is 4. The molecule has 0 aliphatic rings. The Kier molecular flexibility index (Phi) is 10.7. The van der Waals surface area contributed by atoms with E-state index in [0.717, 1.165) is 17.1 Å². The third kappa shape index (κ3) is 6.98. The minimum absolute atomic E-state index is 0.00400. The lowest BCUT2D eigenvalue weighted by Gasteiger charge is -2.31. The van der Waals surface area contributed by atoms with Gasteiger partial charge in [0.15, 0.2) is 17.2 Å². The fourth-order valence-electron chi connectivity index (χ4n) is 4.03. The van der Waals surface area contributed by atoms with Crippen LogP contribution in [0.15, 0.2) is 42.5 Å². The summed E-state index contributed by atoms with van der Waals surface area (Å²) in [5.74, 6) is -0.187. The molecule has 40 heavy (non-hydrogen) atoms. The van der Waals surface area contributed by atoms with Crippen LogP contribution in [0.4, 0.5) is 5.69 Å². The molecule has 1 aromatic heterocycles. The second-order valence-electron chi connectivity index (χ2n) is 8.54. The molecule has 1 unspecified atom stereocenters. The Hall–Kier alpha value is -4.36. The molecule has 3 amide bonds. The molecular weight excluding hydrogens is 538 g/mol. The average Bonchev–Trinajstić information content (AvgIpc) is 3.36. The number of carbonyl (C=O) groups is 3. The highest BCUT2D eigenvalue weighted by molar-refractivity contribution is 7.09. The molecule has 12 nitrogen and oxygen atoms in total. The van der Waals surface area contributed by atoms with Crippen molar-refractivity contribution in [2.75, 3.05) is 53.9 Å². The highest BCUT2D eigenvalue weighted by atomic mass is 32.1. The maximum Gasteiger partial charge on any atom is 0.270 e. The maximum absolute atomic E-state index is 14.0. The Bertz CT molecular complexity index is 1330. The number of ether oxygens (including phenoxy) is 4. The van der Waals surface area contributed by atoms with Crippen molar-refractivity contribution in [3.8, 4) is 17.2 Å². The van der Waals surface area contributed by atoms with Crippen LogP contribution in [0.1, 0.15) is 37.3 Å². The van der Waals surface area contributed by atoms with Gasteiger partial charge in [0.25, 0.3) is 11.8 Å². The van der Waals surface area contributed by atoms with Crippen LogP contribution in [-0.2, 0) is 16.0 Å². The number of benzene rings is 2. The molecule has 0 bridgehead atoms. The van der Waals surface area contributed by atoms with Crippen molar-refractivity contribution in [2.45, 2.75) is 12.5 Å². The normalized spacial score (nSPS) is 11.4. The van der Waals surface area contributed by atoms with Crippen LogP contribution >= 0.6 is 11.5 Å². The molecular formula is C27H33N5O7S. The predicted molar refractivity (Wildman–Crippen MR) is 150 cm³/mol. The lowest BCUT2D eigenvalue weighted by Crippen LogP contribution is -2.45. The summed E-state index contributed by atoms with van der Waals surface area (Å²) in [4.78, 5) is 40.8. The number of anilines is 1. The summed E-state index contributed by atoms with van der Waals surface area (Å²) in [6.45, 7) is 0.616. The third-order valence-corrected chi connectivity index (χ3v) is 6.95. The number of hydrogen-bond donors (Lipinski definition) is 3. The van der Waals surface area contributed by atoms with E-state index in [2.05, 4.69) is 9.69 Å². The second-order valence-corrected chi connectivity index (χ2v) is 9.31. The minimum atomic E-state index is -1.06. The van der Waals surface area contributed by atoms with E-state index < -0.39 is 23.8 Å².